The Morgan fingerprint density at radius 1 is 1.17 bits per heavy atom. The van der Waals surface area contributed by atoms with Gasteiger partial charge in [0.1, 0.15) is 6.33 Å². The summed E-state index contributed by atoms with van der Waals surface area (Å²) in [7, 11) is -3.43. The Morgan fingerprint density at radius 3 is 2.59 bits per heavy atom. The second kappa shape index (κ2) is 8.22. The smallest absolute Gasteiger partial charge is 0.319 e. The number of aryl methyl sites for hydroxylation is 1. The van der Waals surface area contributed by atoms with E-state index in [1.807, 2.05) is 0 Å². The van der Waals surface area contributed by atoms with Gasteiger partial charge in [0.05, 0.1) is 18.0 Å². The molecule has 0 radical (unpaired) electrons. The van der Waals surface area contributed by atoms with E-state index in [-0.39, 0.29) is 0 Å². The highest BCUT2D eigenvalue weighted by Crippen LogP contribution is 2.21. The van der Waals surface area contributed by atoms with E-state index in [4.69, 9.17) is 0 Å². The molecule has 3 rings (SSSR count). The molecule has 1 atom stereocenters. The fourth-order valence-corrected chi connectivity index (χ4v) is 3.16. The normalized spacial score (nSPS) is 12.2. The van der Waals surface area contributed by atoms with Gasteiger partial charge in [-0.1, -0.05) is 6.07 Å². The SMILES string of the molecule is Cc1ccc(NC(=O)NC(C)c2ncnn2-c2ncccn2)cc1NS(C)(=O)=O. The fraction of sp³-hybridized carbons (Fsp3) is 0.235. The third-order valence-corrected chi connectivity index (χ3v) is 4.43. The van der Waals surface area contributed by atoms with E-state index in [1.54, 1.807) is 50.5 Å². The summed E-state index contributed by atoms with van der Waals surface area (Å²) < 4.78 is 26.8. The Kier molecular flexibility index (Phi) is 5.73. The molecule has 0 fully saturated rings. The minimum Gasteiger partial charge on any atom is -0.328 e. The lowest BCUT2D eigenvalue weighted by Gasteiger charge is -2.15. The number of aromatic nitrogens is 5. The molecule has 0 aliphatic carbocycles. The molecule has 0 aliphatic rings. The topological polar surface area (TPSA) is 144 Å². The van der Waals surface area contributed by atoms with E-state index in [9.17, 15) is 13.2 Å². The molecule has 0 aliphatic heterocycles. The Hall–Kier alpha value is -3.54. The van der Waals surface area contributed by atoms with Crippen molar-refractivity contribution < 1.29 is 13.2 Å². The van der Waals surface area contributed by atoms with E-state index in [0.29, 0.717) is 23.1 Å². The zero-order chi connectivity index (χ0) is 21.0. The molecule has 11 nitrogen and oxygen atoms in total. The van der Waals surface area contributed by atoms with Crippen LogP contribution in [0, 0.1) is 6.92 Å². The number of anilines is 2. The Morgan fingerprint density at radius 2 is 1.90 bits per heavy atom. The first kappa shape index (κ1) is 20.2. The van der Waals surface area contributed by atoms with Crippen molar-refractivity contribution in [1.82, 2.24) is 30.0 Å². The molecule has 2 amide bonds. The second-order valence-electron chi connectivity index (χ2n) is 6.30. The largest absolute Gasteiger partial charge is 0.328 e. The predicted molar refractivity (Wildman–Crippen MR) is 107 cm³/mol. The molecule has 152 valence electrons. The van der Waals surface area contributed by atoms with Crippen molar-refractivity contribution in [3.8, 4) is 5.95 Å². The number of benzene rings is 1. The van der Waals surface area contributed by atoms with E-state index in [2.05, 4.69) is 35.4 Å². The van der Waals surface area contributed by atoms with Crippen LogP contribution in [0.15, 0.2) is 43.0 Å². The Bertz CT molecular complexity index is 1110. The molecule has 1 unspecified atom stereocenters. The van der Waals surface area contributed by atoms with Gasteiger partial charge in [-0.3, -0.25) is 4.72 Å². The number of amides is 2. The summed E-state index contributed by atoms with van der Waals surface area (Å²) in [5.74, 6) is 0.791. The predicted octanol–water partition coefficient (Wildman–Crippen LogP) is 1.62. The van der Waals surface area contributed by atoms with Crippen molar-refractivity contribution in [3.05, 3.63) is 54.4 Å². The van der Waals surface area contributed by atoms with Crippen molar-refractivity contribution in [3.63, 3.8) is 0 Å². The standard InChI is InChI=1S/C17H20N8O3S/c1-11-5-6-13(9-14(11)24-29(3,27)28)23-17(26)22-12(2)15-20-10-21-25(15)16-18-7-4-8-19-16/h4-10,12,24H,1-3H3,(H2,22,23,26). The molecule has 0 saturated carbocycles. The number of hydrogen-bond donors (Lipinski definition) is 3. The van der Waals surface area contributed by atoms with Crippen LogP contribution in [0.5, 0.6) is 0 Å². The summed E-state index contributed by atoms with van der Waals surface area (Å²) in [5.41, 5.74) is 1.55. The first-order valence-corrected chi connectivity index (χ1v) is 10.5. The number of urea groups is 1. The molecule has 0 bridgehead atoms. The Labute approximate surface area is 167 Å². The van der Waals surface area contributed by atoms with Crippen LogP contribution >= 0.6 is 0 Å². The lowest BCUT2D eigenvalue weighted by Crippen LogP contribution is -2.32. The van der Waals surface area contributed by atoms with Crippen molar-refractivity contribution in [2.24, 2.45) is 0 Å². The van der Waals surface area contributed by atoms with Crippen LogP contribution < -0.4 is 15.4 Å². The first-order chi connectivity index (χ1) is 13.7. The maximum atomic E-state index is 12.4. The monoisotopic (exact) mass is 416 g/mol. The van der Waals surface area contributed by atoms with Crippen molar-refractivity contribution in [2.45, 2.75) is 19.9 Å². The number of nitrogens with one attached hydrogen (secondary N) is 3. The van der Waals surface area contributed by atoms with Crippen LogP contribution in [0.3, 0.4) is 0 Å². The number of carbonyl (C=O) groups is 1. The number of rotatable bonds is 6. The molecule has 29 heavy (non-hydrogen) atoms. The van der Waals surface area contributed by atoms with Gasteiger partial charge in [-0.25, -0.2) is 28.2 Å². The van der Waals surface area contributed by atoms with Crippen molar-refractivity contribution >= 4 is 27.4 Å². The Balaban J connectivity index is 1.71. The summed E-state index contributed by atoms with van der Waals surface area (Å²) in [6.45, 7) is 3.51. The first-order valence-electron chi connectivity index (χ1n) is 8.56. The second-order valence-corrected chi connectivity index (χ2v) is 8.05. The van der Waals surface area contributed by atoms with Gasteiger partial charge in [-0.15, -0.1) is 0 Å². The lowest BCUT2D eigenvalue weighted by molar-refractivity contribution is 0.248. The number of nitrogens with zero attached hydrogens (tertiary/aromatic N) is 5. The number of hydrogen-bond acceptors (Lipinski definition) is 7. The lowest BCUT2D eigenvalue weighted by atomic mass is 10.2. The van der Waals surface area contributed by atoms with Gasteiger partial charge in [-0.2, -0.15) is 9.78 Å². The molecule has 12 heteroatoms. The third-order valence-electron chi connectivity index (χ3n) is 3.84. The molecule has 3 aromatic rings. The molecule has 3 N–H and O–H groups in total. The summed E-state index contributed by atoms with van der Waals surface area (Å²) in [4.78, 5) is 24.8. The van der Waals surface area contributed by atoms with Gasteiger partial charge in [0.15, 0.2) is 5.82 Å². The van der Waals surface area contributed by atoms with Crippen LogP contribution in [-0.2, 0) is 10.0 Å². The van der Waals surface area contributed by atoms with Gasteiger partial charge in [0.2, 0.25) is 10.0 Å². The highest BCUT2D eigenvalue weighted by atomic mass is 32.2. The van der Waals surface area contributed by atoms with Gasteiger partial charge in [0, 0.05) is 18.1 Å². The molecule has 1 aromatic carbocycles. The van der Waals surface area contributed by atoms with Crippen LogP contribution in [0.2, 0.25) is 0 Å². The highest BCUT2D eigenvalue weighted by molar-refractivity contribution is 7.92. The molecular formula is C17H20N8O3S. The van der Waals surface area contributed by atoms with E-state index >= 15 is 0 Å². The average Bonchev–Trinajstić information content (AvgIpc) is 3.14. The van der Waals surface area contributed by atoms with E-state index < -0.39 is 22.1 Å². The van der Waals surface area contributed by atoms with Gasteiger partial charge >= 0.3 is 6.03 Å². The van der Waals surface area contributed by atoms with Gasteiger partial charge < -0.3 is 10.6 Å². The zero-order valence-corrected chi connectivity index (χ0v) is 16.8. The summed E-state index contributed by atoms with van der Waals surface area (Å²) in [6, 6.07) is 5.61. The molecular weight excluding hydrogens is 396 g/mol. The van der Waals surface area contributed by atoms with Crippen LogP contribution in [0.4, 0.5) is 16.2 Å². The summed E-state index contributed by atoms with van der Waals surface area (Å²) in [6.07, 6.45) is 5.58. The van der Waals surface area contributed by atoms with E-state index in [0.717, 1.165) is 11.8 Å². The minimum atomic E-state index is -3.43. The summed E-state index contributed by atoms with van der Waals surface area (Å²) in [5, 5.41) is 9.53. The fourth-order valence-electron chi connectivity index (χ4n) is 2.54. The molecule has 2 aromatic heterocycles. The van der Waals surface area contributed by atoms with Gasteiger partial charge in [0.25, 0.3) is 5.95 Å². The maximum Gasteiger partial charge on any atom is 0.319 e. The van der Waals surface area contributed by atoms with Crippen LogP contribution in [-0.4, -0.2) is 45.4 Å². The number of carbonyl (C=O) groups excluding carboxylic acids is 1. The number of sulfonamides is 1. The van der Waals surface area contributed by atoms with Crippen molar-refractivity contribution in [2.75, 3.05) is 16.3 Å². The van der Waals surface area contributed by atoms with Gasteiger partial charge in [-0.05, 0) is 37.6 Å². The average molecular weight is 416 g/mol. The summed E-state index contributed by atoms with van der Waals surface area (Å²) >= 11 is 0. The molecule has 0 spiro atoms. The van der Waals surface area contributed by atoms with Crippen molar-refractivity contribution in [1.29, 1.82) is 0 Å². The van der Waals surface area contributed by atoms with Crippen LogP contribution in [0.1, 0.15) is 24.4 Å². The van der Waals surface area contributed by atoms with E-state index in [1.165, 1.54) is 11.0 Å². The molecule has 0 saturated heterocycles. The molecule has 2 heterocycles. The highest BCUT2D eigenvalue weighted by Gasteiger charge is 2.18. The van der Waals surface area contributed by atoms with Crippen LogP contribution in [0.25, 0.3) is 5.95 Å². The maximum absolute atomic E-state index is 12.4. The quantitative estimate of drug-likeness (QED) is 0.554. The third kappa shape index (κ3) is 5.25. The minimum absolute atomic E-state index is 0.337. The zero-order valence-electron chi connectivity index (χ0n) is 16.0.